The zero-order chi connectivity index (χ0) is 20.5. The highest BCUT2D eigenvalue weighted by Gasteiger charge is 2.20. The van der Waals surface area contributed by atoms with Crippen LogP contribution in [0.15, 0.2) is 53.5 Å². The first kappa shape index (κ1) is 24.5. The van der Waals surface area contributed by atoms with Crippen molar-refractivity contribution in [1.82, 2.24) is 15.5 Å². The van der Waals surface area contributed by atoms with E-state index in [-0.39, 0.29) is 24.0 Å². The molecule has 1 heterocycles. The molecule has 0 aromatic heterocycles. The Morgan fingerprint density at radius 1 is 1.13 bits per heavy atom. The highest BCUT2D eigenvalue weighted by molar-refractivity contribution is 14.0. The fraction of sp³-hybridized carbons (Fsp3) is 0.458. The minimum absolute atomic E-state index is 0. The average Bonchev–Trinajstić information content (AvgIpc) is 2.75. The molecule has 164 valence electrons. The number of hydrogen-bond acceptors (Lipinski definition) is 3. The predicted octanol–water partition coefficient (Wildman–Crippen LogP) is 3.99. The van der Waals surface area contributed by atoms with E-state index in [0.717, 1.165) is 57.2 Å². The van der Waals surface area contributed by atoms with Crippen molar-refractivity contribution in [2.75, 3.05) is 33.8 Å². The molecule has 1 fully saturated rings. The lowest BCUT2D eigenvalue weighted by molar-refractivity contribution is 0.198. The highest BCUT2D eigenvalue weighted by Crippen LogP contribution is 2.19. The third-order valence-electron chi connectivity index (χ3n) is 5.52. The molecule has 0 atom stereocenters. The van der Waals surface area contributed by atoms with Crippen molar-refractivity contribution in [3.8, 4) is 5.75 Å². The molecule has 1 aliphatic rings. The van der Waals surface area contributed by atoms with Gasteiger partial charge in [-0.25, -0.2) is 0 Å². The zero-order valence-corrected chi connectivity index (χ0v) is 20.7. The number of halogens is 1. The molecule has 0 unspecified atom stereocenters. The minimum atomic E-state index is 0. The average molecular weight is 522 g/mol. The standard InChI is InChI=1S/C24H34N4O.HI/c1-19-9-10-23(29-3)21(17-19)11-14-26-24(25-2)27-22-12-15-28(16-13-22)18-20-7-5-4-6-8-20;/h4-10,17,22H,11-16,18H2,1-3H3,(H2,25,26,27);1H. The summed E-state index contributed by atoms with van der Waals surface area (Å²) in [5.41, 5.74) is 3.87. The summed E-state index contributed by atoms with van der Waals surface area (Å²) >= 11 is 0. The van der Waals surface area contributed by atoms with Gasteiger partial charge >= 0.3 is 0 Å². The van der Waals surface area contributed by atoms with E-state index >= 15 is 0 Å². The van der Waals surface area contributed by atoms with Gasteiger partial charge in [-0.1, -0.05) is 48.0 Å². The van der Waals surface area contributed by atoms with Crippen molar-refractivity contribution in [2.24, 2.45) is 4.99 Å². The van der Waals surface area contributed by atoms with Crippen LogP contribution in [0, 0.1) is 6.92 Å². The van der Waals surface area contributed by atoms with Crippen molar-refractivity contribution >= 4 is 29.9 Å². The van der Waals surface area contributed by atoms with Gasteiger partial charge in [0.25, 0.3) is 0 Å². The number of nitrogens with zero attached hydrogens (tertiary/aromatic N) is 2. The summed E-state index contributed by atoms with van der Waals surface area (Å²) in [4.78, 5) is 6.95. The molecular weight excluding hydrogens is 487 g/mol. The summed E-state index contributed by atoms with van der Waals surface area (Å²) in [7, 11) is 3.57. The summed E-state index contributed by atoms with van der Waals surface area (Å²) < 4.78 is 5.48. The Kier molecular flexibility index (Phi) is 10.4. The molecule has 1 aliphatic heterocycles. The molecule has 2 aromatic carbocycles. The van der Waals surface area contributed by atoms with Crippen LogP contribution < -0.4 is 15.4 Å². The number of methoxy groups -OCH3 is 1. The van der Waals surface area contributed by atoms with Crippen LogP contribution in [0.2, 0.25) is 0 Å². The third-order valence-corrected chi connectivity index (χ3v) is 5.52. The van der Waals surface area contributed by atoms with Crippen molar-refractivity contribution in [3.63, 3.8) is 0 Å². The molecule has 0 bridgehead atoms. The number of hydrogen-bond donors (Lipinski definition) is 2. The molecule has 1 saturated heterocycles. The Hall–Kier alpha value is -1.80. The Balaban J connectivity index is 0.00000320. The lowest BCUT2D eigenvalue weighted by Crippen LogP contribution is -2.48. The molecule has 0 radical (unpaired) electrons. The number of piperidine rings is 1. The number of aryl methyl sites for hydroxylation is 1. The van der Waals surface area contributed by atoms with E-state index in [4.69, 9.17) is 4.74 Å². The first-order chi connectivity index (χ1) is 14.2. The molecule has 0 amide bonds. The van der Waals surface area contributed by atoms with Crippen LogP contribution in [0.1, 0.15) is 29.5 Å². The van der Waals surface area contributed by atoms with E-state index in [2.05, 4.69) is 69.9 Å². The quantitative estimate of drug-likeness (QED) is 0.328. The van der Waals surface area contributed by atoms with Crippen molar-refractivity contribution in [2.45, 2.75) is 38.8 Å². The monoisotopic (exact) mass is 522 g/mol. The van der Waals surface area contributed by atoms with Crippen LogP contribution in [-0.4, -0.2) is 50.7 Å². The van der Waals surface area contributed by atoms with Gasteiger partial charge in [0, 0.05) is 39.3 Å². The Morgan fingerprint density at radius 2 is 1.87 bits per heavy atom. The number of guanidine groups is 1. The van der Waals surface area contributed by atoms with Gasteiger partial charge in [-0.2, -0.15) is 0 Å². The van der Waals surface area contributed by atoms with E-state index < -0.39 is 0 Å². The first-order valence-corrected chi connectivity index (χ1v) is 10.5. The zero-order valence-electron chi connectivity index (χ0n) is 18.4. The van der Waals surface area contributed by atoms with Gasteiger partial charge in [-0.15, -0.1) is 24.0 Å². The molecule has 2 aromatic rings. The number of likely N-dealkylation sites (tertiary alicyclic amines) is 1. The van der Waals surface area contributed by atoms with Gasteiger partial charge in [-0.05, 0) is 43.4 Å². The predicted molar refractivity (Wildman–Crippen MR) is 136 cm³/mol. The van der Waals surface area contributed by atoms with Crippen LogP contribution in [-0.2, 0) is 13.0 Å². The van der Waals surface area contributed by atoms with Crippen LogP contribution in [0.3, 0.4) is 0 Å². The third kappa shape index (κ3) is 7.47. The number of aliphatic imine (C=N–C) groups is 1. The van der Waals surface area contributed by atoms with E-state index in [1.165, 1.54) is 16.7 Å². The lowest BCUT2D eigenvalue weighted by Gasteiger charge is -2.33. The maximum atomic E-state index is 5.48. The molecule has 3 rings (SSSR count). The fourth-order valence-corrected chi connectivity index (χ4v) is 3.88. The van der Waals surface area contributed by atoms with E-state index in [0.29, 0.717) is 6.04 Å². The number of rotatable bonds is 7. The van der Waals surface area contributed by atoms with Gasteiger partial charge in [0.1, 0.15) is 5.75 Å². The Labute approximate surface area is 198 Å². The van der Waals surface area contributed by atoms with Gasteiger partial charge < -0.3 is 15.4 Å². The van der Waals surface area contributed by atoms with Gasteiger partial charge in [0.15, 0.2) is 5.96 Å². The topological polar surface area (TPSA) is 48.9 Å². The molecule has 0 saturated carbocycles. The Bertz CT molecular complexity index is 789. The summed E-state index contributed by atoms with van der Waals surface area (Å²) in [6.45, 7) is 6.21. The SMILES string of the molecule is CN=C(NCCc1cc(C)ccc1OC)NC1CCN(Cc2ccccc2)CC1.I. The summed E-state index contributed by atoms with van der Waals surface area (Å²) in [6, 6.07) is 17.5. The molecule has 0 aliphatic carbocycles. The fourth-order valence-electron chi connectivity index (χ4n) is 3.88. The van der Waals surface area contributed by atoms with Crippen molar-refractivity contribution in [1.29, 1.82) is 0 Å². The second-order valence-electron chi connectivity index (χ2n) is 7.74. The molecule has 5 nitrogen and oxygen atoms in total. The maximum absolute atomic E-state index is 5.48. The number of benzene rings is 2. The van der Waals surface area contributed by atoms with Gasteiger partial charge in [0.2, 0.25) is 0 Å². The van der Waals surface area contributed by atoms with Crippen LogP contribution in [0.4, 0.5) is 0 Å². The van der Waals surface area contributed by atoms with Crippen LogP contribution in [0.25, 0.3) is 0 Å². The summed E-state index contributed by atoms with van der Waals surface area (Å²) in [5.74, 6) is 1.84. The highest BCUT2D eigenvalue weighted by atomic mass is 127. The van der Waals surface area contributed by atoms with E-state index in [9.17, 15) is 0 Å². The summed E-state index contributed by atoms with van der Waals surface area (Å²) in [5, 5.41) is 7.05. The molecule has 0 spiro atoms. The maximum Gasteiger partial charge on any atom is 0.191 e. The molecule has 2 N–H and O–H groups in total. The second kappa shape index (κ2) is 12.8. The second-order valence-corrected chi connectivity index (χ2v) is 7.74. The lowest BCUT2D eigenvalue weighted by atomic mass is 10.0. The van der Waals surface area contributed by atoms with Crippen LogP contribution >= 0.6 is 24.0 Å². The summed E-state index contributed by atoms with van der Waals surface area (Å²) in [6.07, 6.45) is 3.18. The number of ether oxygens (including phenoxy) is 1. The van der Waals surface area contributed by atoms with Crippen molar-refractivity contribution < 1.29 is 4.74 Å². The molecule has 6 heteroatoms. The van der Waals surface area contributed by atoms with E-state index in [1.54, 1.807) is 7.11 Å². The van der Waals surface area contributed by atoms with Crippen LogP contribution in [0.5, 0.6) is 5.75 Å². The van der Waals surface area contributed by atoms with Gasteiger partial charge in [0.05, 0.1) is 7.11 Å². The normalized spacial score (nSPS) is 15.4. The molecule has 30 heavy (non-hydrogen) atoms. The smallest absolute Gasteiger partial charge is 0.191 e. The molecular formula is C24H35IN4O. The van der Waals surface area contributed by atoms with E-state index in [1.807, 2.05) is 13.1 Å². The minimum Gasteiger partial charge on any atom is -0.496 e. The van der Waals surface area contributed by atoms with Crippen molar-refractivity contribution in [3.05, 3.63) is 65.2 Å². The Morgan fingerprint density at radius 3 is 2.53 bits per heavy atom. The largest absolute Gasteiger partial charge is 0.496 e. The number of nitrogens with one attached hydrogen (secondary N) is 2. The van der Waals surface area contributed by atoms with Gasteiger partial charge in [-0.3, -0.25) is 9.89 Å². The first-order valence-electron chi connectivity index (χ1n) is 10.5.